The van der Waals surface area contributed by atoms with Crippen LogP contribution in [0.4, 0.5) is 11.4 Å². The third-order valence-electron chi connectivity index (χ3n) is 6.80. The Bertz CT molecular complexity index is 1520. The number of carbonyl (C=O) groups is 1. The van der Waals surface area contributed by atoms with Crippen LogP contribution in [0.15, 0.2) is 63.8 Å². The highest BCUT2D eigenvalue weighted by Gasteiger charge is 2.26. The highest BCUT2D eigenvalue weighted by Crippen LogP contribution is 2.26. The predicted molar refractivity (Wildman–Crippen MR) is 146 cm³/mol. The van der Waals surface area contributed by atoms with Crippen molar-refractivity contribution in [1.82, 2.24) is 13.8 Å². The summed E-state index contributed by atoms with van der Waals surface area (Å²) >= 11 is 1.40. The van der Waals surface area contributed by atoms with E-state index in [0.717, 1.165) is 18.7 Å². The van der Waals surface area contributed by atoms with E-state index >= 15 is 0 Å². The van der Waals surface area contributed by atoms with Gasteiger partial charge in [0.05, 0.1) is 34.4 Å². The number of hydrogen-bond donors (Lipinski definition) is 0. The maximum Gasteiger partial charge on any atom is 0.270 e. The molecule has 0 N–H and O–H groups in total. The lowest BCUT2D eigenvalue weighted by atomic mass is 10.1. The third kappa shape index (κ3) is 6.11. The molecule has 0 bridgehead atoms. The minimum Gasteiger partial charge on any atom is -0.379 e. The molecular formula is C26H29N5O6S2. The van der Waals surface area contributed by atoms with Crippen molar-refractivity contribution in [3.63, 3.8) is 0 Å². The summed E-state index contributed by atoms with van der Waals surface area (Å²) in [7, 11) is -3.61. The highest BCUT2D eigenvalue weighted by molar-refractivity contribution is 7.89. The van der Waals surface area contributed by atoms with Crippen molar-refractivity contribution in [3.05, 3.63) is 68.8 Å². The van der Waals surface area contributed by atoms with E-state index in [1.807, 2.05) is 20.9 Å². The molecule has 0 aliphatic carbocycles. The summed E-state index contributed by atoms with van der Waals surface area (Å²) in [6.07, 6.45) is 2.16. The second kappa shape index (κ2) is 11.8. The molecule has 2 aromatic carbocycles. The van der Waals surface area contributed by atoms with Crippen molar-refractivity contribution in [2.45, 2.75) is 30.7 Å². The van der Waals surface area contributed by atoms with Crippen LogP contribution in [-0.4, -0.2) is 72.4 Å². The quantitative estimate of drug-likeness (QED) is 0.286. The molecule has 0 atom stereocenters. The van der Waals surface area contributed by atoms with E-state index in [2.05, 4.69) is 0 Å². The molecule has 2 aliphatic rings. The third-order valence-corrected chi connectivity index (χ3v) is 9.58. The number of nitro groups is 1. The lowest BCUT2D eigenvalue weighted by molar-refractivity contribution is -0.384. The van der Waals surface area contributed by atoms with Crippen molar-refractivity contribution in [2.75, 3.05) is 39.4 Å². The van der Waals surface area contributed by atoms with Gasteiger partial charge < -0.3 is 14.2 Å². The number of likely N-dealkylation sites (tertiary alicyclic amines) is 1. The Balaban J connectivity index is 1.44. The topological polar surface area (TPSA) is 127 Å². The SMILES string of the molecule is O=C1CCCN1CCCn1c(-c2cccc([N+](=O)[O-])c2)csc1=Nc1ccc(S(=O)(=O)N2CCOCC2)cc1. The number of carbonyl (C=O) groups excluding carboxylic acids is 1. The van der Waals surface area contributed by atoms with Crippen molar-refractivity contribution in [2.24, 2.45) is 4.99 Å². The number of benzene rings is 2. The molecule has 2 saturated heterocycles. The standard InChI is InChI=1S/C26H29N5O6S2/c32-25-6-2-11-28(25)12-3-13-30-24(20-4-1-5-22(18-20)31(33)34)19-38-26(30)27-21-7-9-23(10-8-21)39(35,36)29-14-16-37-17-15-29/h1,4-5,7-10,18-19H,2-3,6,11-17H2. The van der Waals surface area contributed by atoms with Gasteiger partial charge in [-0.25, -0.2) is 13.4 Å². The van der Waals surface area contributed by atoms with Crippen LogP contribution in [0.3, 0.4) is 0 Å². The van der Waals surface area contributed by atoms with Crippen LogP contribution in [0.1, 0.15) is 19.3 Å². The number of ether oxygens (including phenoxy) is 1. The number of rotatable bonds is 9. The van der Waals surface area contributed by atoms with Crippen LogP contribution < -0.4 is 4.80 Å². The molecule has 206 valence electrons. The summed E-state index contributed by atoms with van der Waals surface area (Å²) in [5.74, 6) is 0.168. The zero-order chi connectivity index (χ0) is 27.4. The van der Waals surface area contributed by atoms with Crippen LogP contribution in [0.5, 0.6) is 0 Å². The number of sulfonamides is 1. The fourth-order valence-electron chi connectivity index (χ4n) is 4.74. The summed E-state index contributed by atoms with van der Waals surface area (Å²) in [5, 5.41) is 13.3. The number of thiazole rings is 1. The molecule has 3 aromatic rings. The number of nitrogens with zero attached hydrogens (tertiary/aromatic N) is 5. The monoisotopic (exact) mass is 571 g/mol. The van der Waals surface area contributed by atoms with E-state index < -0.39 is 14.9 Å². The maximum absolute atomic E-state index is 13.0. The second-order valence-corrected chi connectivity index (χ2v) is 12.1. The van der Waals surface area contributed by atoms with Crippen LogP contribution in [0.25, 0.3) is 11.3 Å². The van der Waals surface area contributed by atoms with E-state index in [9.17, 15) is 23.3 Å². The summed E-state index contributed by atoms with van der Waals surface area (Å²) in [5.41, 5.74) is 2.09. The van der Waals surface area contributed by atoms with E-state index in [1.54, 1.807) is 30.3 Å². The normalized spacial score (nSPS) is 17.2. The minimum atomic E-state index is -3.61. The number of aromatic nitrogens is 1. The van der Waals surface area contributed by atoms with Gasteiger partial charge in [0, 0.05) is 62.2 Å². The smallest absolute Gasteiger partial charge is 0.270 e. The van der Waals surface area contributed by atoms with E-state index in [0.29, 0.717) is 68.3 Å². The van der Waals surface area contributed by atoms with E-state index in [4.69, 9.17) is 9.73 Å². The molecule has 1 aromatic heterocycles. The van der Waals surface area contributed by atoms with E-state index in [-0.39, 0.29) is 16.5 Å². The first-order chi connectivity index (χ1) is 18.8. The second-order valence-electron chi connectivity index (χ2n) is 9.32. The summed E-state index contributed by atoms with van der Waals surface area (Å²) in [6, 6.07) is 12.9. The van der Waals surface area contributed by atoms with Gasteiger partial charge in [0.2, 0.25) is 15.9 Å². The van der Waals surface area contributed by atoms with Gasteiger partial charge in [-0.15, -0.1) is 11.3 Å². The Morgan fingerprint density at radius 3 is 2.51 bits per heavy atom. The van der Waals surface area contributed by atoms with Crippen molar-refractivity contribution < 1.29 is 22.9 Å². The van der Waals surface area contributed by atoms with Crippen molar-refractivity contribution in [3.8, 4) is 11.3 Å². The molecule has 0 unspecified atom stereocenters. The Labute approximate surface area is 230 Å². The molecule has 0 saturated carbocycles. The molecule has 0 radical (unpaired) electrons. The first-order valence-corrected chi connectivity index (χ1v) is 15.1. The number of nitro benzene ring substituents is 1. The number of amides is 1. The molecule has 3 heterocycles. The minimum absolute atomic E-state index is 0.00321. The van der Waals surface area contributed by atoms with Gasteiger partial charge >= 0.3 is 0 Å². The molecule has 5 rings (SSSR count). The average Bonchev–Trinajstić information content (AvgIpc) is 3.55. The van der Waals surface area contributed by atoms with Gasteiger partial charge in [-0.1, -0.05) is 12.1 Å². The van der Waals surface area contributed by atoms with Crippen molar-refractivity contribution >= 4 is 38.6 Å². The molecule has 2 aliphatic heterocycles. The Morgan fingerprint density at radius 2 is 1.82 bits per heavy atom. The van der Waals surface area contributed by atoms with Gasteiger partial charge in [0.25, 0.3) is 5.69 Å². The van der Waals surface area contributed by atoms with Gasteiger partial charge in [-0.05, 0) is 37.1 Å². The maximum atomic E-state index is 13.0. The number of morpholine rings is 1. The fraction of sp³-hybridized carbons (Fsp3) is 0.385. The first kappa shape index (κ1) is 27.2. The van der Waals surface area contributed by atoms with Crippen LogP contribution in [0.2, 0.25) is 0 Å². The van der Waals surface area contributed by atoms with Gasteiger partial charge in [0.15, 0.2) is 4.80 Å². The Hall–Kier alpha value is -3.39. The molecule has 11 nitrogen and oxygen atoms in total. The number of non-ortho nitro benzene ring substituents is 1. The molecule has 2 fully saturated rings. The molecule has 13 heteroatoms. The molecule has 39 heavy (non-hydrogen) atoms. The van der Waals surface area contributed by atoms with Crippen molar-refractivity contribution in [1.29, 1.82) is 0 Å². The summed E-state index contributed by atoms with van der Waals surface area (Å²) < 4.78 is 34.6. The molecule has 1 amide bonds. The van der Waals surface area contributed by atoms with E-state index in [1.165, 1.54) is 27.8 Å². The van der Waals surface area contributed by atoms with Crippen LogP contribution >= 0.6 is 11.3 Å². The lowest BCUT2D eigenvalue weighted by Crippen LogP contribution is -2.40. The molecule has 0 spiro atoms. The average molecular weight is 572 g/mol. The van der Waals surface area contributed by atoms with Crippen LogP contribution in [-0.2, 0) is 26.1 Å². The Morgan fingerprint density at radius 1 is 1.05 bits per heavy atom. The predicted octanol–water partition coefficient (Wildman–Crippen LogP) is 3.39. The van der Waals surface area contributed by atoms with Crippen LogP contribution in [0, 0.1) is 10.1 Å². The zero-order valence-corrected chi connectivity index (χ0v) is 22.9. The van der Waals surface area contributed by atoms with Gasteiger partial charge in [-0.2, -0.15) is 4.31 Å². The highest BCUT2D eigenvalue weighted by atomic mass is 32.2. The number of hydrogen-bond acceptors (Lipinski definition) is 8. The van der Waals surface area contributed by atoms with Gasteiger partial charge in [-0.3, -0.25) is 14.9 Å². The summed E-state index contributed by atoms with van der Waals surface area (Å²) in [6.45, 7) is 3.37. The largest absolute Gasteiger partial charge is 0.379 e. The summed E-state index contributed by atoms with van der Waals surface area (Å²) in [4.78, 5) is 30.5. The Kier molecular flexibility index (Phi) is 8.21. The lowest BCUT2D eigenvalue weighted by Gasteiger charge is -2.26. The first-order valence-electron chi connectivity index (χ1n) is 12.8. The fourth-order valence-corrected chi connectivity index (χ4v) is 7.11. The van der Waals surface area contributed by atoms with Gasteiger partial charge in [0.1, 0.15) is 0 Å². The molecular weight excluding hydrogens is 542 g/mol. The zero-order valence-electron chi connectivity index (χ0n) is 21.3.